The first-order chi connectivity index (χ1) is 9.15. The second kappa shape index (κ2) is 5.87. The summed E-state index contributed by atoms with van der Waals surface area (Å²) < 4.78 is 38.2. The largest absolute Gasteiger partial charge is 0.416 e. The Kier molecular flexibility index (Phi) is 4.66. The summed E-state index contributed by atoms with van der Waals surface area (Å²) in [5, 5.41) is 2.83. The smallest absolute Gasteiger partial charge is 0.311 e. The van der Waals surface area contributed by atoms with Crippen molar-refractivity contribution in [2.24, 2.45) is 0 Å². The average molecular weight is 291 g/mol. The zero-order chi connectivity index (χ0) is 15.5. The second-order valence-electron chi connectivity index (χ2n) is 3.79. The molecule has 6 nitrogen and oxygen atoms in total. The van der Waals surface area contributed by atoms with Gasteiger partial charge in [0.15, 0.2) is 0 Å². The van der Waals surface area contributed by atoms with Gasteiger partial charge < -0.3 is 5.32 Å². The van der Waals surface area contributed by atoms with E-state index in [4.69, 9.17) is 0 Å². The van der Waals surface area contributed by atoms with Crippen molar-refractivity contribution in [2.45, 2.75) is 13.1 Å². The highest BCUT2D eigenvalue weighted by Crippen LogP contribution is 2.31. The van der Waals surface area contributed by atoms with Crippen LogP contribution in [0.25, 0.3) is 0 Å². The van der Waals surface area contributed by atoms with E-state index in [1.807, 2.05) is 0 Å². The van der Waals surface area contributed by atoms with Crippen molar-refractivity contribution in [1.29, 1.82) is 0 Å². The molecule has 0 saturated heterocycles. The van der Waals surface area contributed by atoms with Crippen LogP contribution in [0.15, 0.2) is 12.1 Å². The van der Waals surface area contributed by atoms with Crippen molar-refractivity contribution in [3.05, 3.63) is 23.4 Å². The Morgan fingerprint density at radius 2 is 1.95 bits per heavy atom. The first-order valence-corrected chi connectivity index (χ1v) is 5.34. The molecule has 0 aromatic carbocycles. The van der Waals surface area contributed by atoms with E-state index in [-0.39, 0.29) is 5.82 Å². The van der Waals surface area contributed by atoms with Gasteiger partial charge in [0, 0.05) is 14.0 Å². The minimum Gasteiger partial charge on any atom is -0.311 e. The molecule has 0 radical (unpaired) electrons. The number of hydrogen-bond acceptors (Lipinski definition) is 4. The lowest BCUT2D eigenvalue weighted by Gasteiger charge is -2.15. The van der Waals surface area contributed by atoms with Crippen molar-refractivity contribution in [3.63, 3.8) is 0 Å². The first-order valence-electron chi connectivity index (χ1n) is 5.34. The maximum absolute atomic E-state index is 12.7. The number of aromatic nitrogens is 1. The molecule has 1 heterocycles. The van der Waals surface area contributed by atoms with E-state index in [1.54, 1.807) is 0 Å². The first kappa shape index (κ1) is 15.9. The van der Waals surface area contributed by atoms with Gasteiger partial charge in [0.05, 0.1) is 12.7 Å². The Labute approximate surface area is 112 Å². The van der Waals surface area contributed by atoms with Crippen LogP contribution in [-0.4, -0.2) is 36.0 Å². The SMILES string of the molecule is CON(C)C(=O)c1cc(C(F)(F)F)cc(NC(C)=O)n1. The molecule has 0 atom stereocenters. The van der Waals surface area contributed by atoms with Gasteiger partial charge in [0.2, 0.25) is 5.91 Å². The van der Waals surface area contributed by atoms with Gasteiger partial charge in [-0.2, -0.15) is 13.2 Å². The van der Waals surface area contributed by atoms with E-state index in [9.17, 15) is 22.8 Å². The van der Waals surface area contributed by atoms with Crippen molar-refractivity contribution in [2.75, 3.05) is 19.5 Å². The zero-order valence-electron chi connectivity index (χ0n) is 10.9. The molecule has 0 aliphatic heterocycles. The minimum absolute atomic E-state index is 0.361. The summed E-state index contributed by atoms with van der Waals surface area (Å²) in [6.07, 6.45) is -4.67. The van der Waals surface area contributed by atoms with E-state index < -0.39 is 29.2 Å². The molecule has 0 bridgehead atoms. The highest BCUT2D eigenvalue weighted by Gasteiger charge is 2.32. The van der Waals surface area contributed by atoms with E-state index in [0.29, 0.717) is 12.1 Å². The van der Waals surface area contributed by atoms with E-state index in [0.717, 1.165) is 12.0 Å². The normalized spacial score (nSPS) is 11.1. The van der Waals surface area contributed by atoms with E-state index in [2.05, 4.69) is 15.1 Å². The molecular formula is C11H12F3N3O3. The quantitative estimate of drug-likeness (QED) is 0.860. The number of nitrogens with one attached hydrogen (secondary N) is 1. The molecule has 20 heavy (non-hydrogen) atoms. The predicted molar refractivity (Wildman–Crippen MR) is 62.6 cm³/mol. The summed E-state index contributed by atoms with van der Waals surface area (Å²) in [5.41, 5.74) is -1.59. The molecule has 0 aliphatic carbocycles. The number of alkyl halides is 3. The van der Waals surface area contributed by atoms with Gasteiger partial charge in [0.25, 0.3) is 5.91 Å². The van der Waals surface area contributed by atoms with Crippen LogP contribution < -0.4 is 5.32 Å². The molecule has 1 aromatic heterocycles. The summed E-state index contributed by atoms with van der Waals surface area (Å²) in [7, 11) is 2.41. The maximum Gasteiger partial charge on any atom is 0.416 e. The molecule has 2 amide bonds. The Balaban J connectivity index is 3.30. The number of pyridine rings is 1. The third-order valence-electron chi connectivity index (χ3n) is 2.24. The molecule has 0 aliphatic rings. The Morgan fingerprint density at radius 1 is 1.35 bits per heavy atom. The molecule has 0 spiro atoms. The molecule has 1 N–H and O–H groups in total. The topological polar surface area (TPSA) is 71.5 Å². The van der Waals surface area contributed by atoms with Crippen LogP contribution in [0.4, 0.5) is 19.0 Å². The third kappa shape index (κ3) is 3.92. The number of hydrogen-bond donors (Lipinski definition) is 1. The Bertz CT molecular complexity index is 531. The Morgan fingerprint density at radius 3 is 2.40 bits per heavy atom. The summed E-state index contributed by atoms with van der Waals surface area (Å²) in [4.78, 5) is 30.9. The van der Waals surface area contributed by atoms with Crippen LogP contribution in [-0.2, 0) is 15.8 Å². The minimum atomic E-state index is -4.67. The number of carbonyl (C=O) groups excluding carboxylic acids is 2. The number of amides is 2. The second-order valence-corrected chi connectivity index (χ2v) is 3.79. The number of carbonyl (C=O) groups is 2. The lowest BCUT2D eigenvalue weighted by Crippen LogP contribution is -2.27. The van der Waals surface area contributed by atoms with Crippen LogP contribution in [0.5, 0.6) is 0 Å². The molecule has 9 heteroatoms. The van der Waals surface area contributed by atoms with Gasteiger partial charge in [-0.1, -0.05) is 0 Å². The highest BCUT2D eigenvalue weighted by molar-refractivity contribution is 5.93. The van der Waals surface area contributed by atoms with Crippen LogP contribution in [0.3, 0.4) is 0 Å². The lowest BCUT2D eigenvalue weighted by atomic mass is 10.2. The lowest BCUT2D eigenvalue weighted by molar-refractivity contribution is -0.137. The molecule has 1 aromatic rings. The van der Waals surface area contributed by atoms with Crippen LogP contribution >= 0.6 is 0 Å². The van der Waals surface area contributed by atoms with Crippen molar-refractivity contribution >= 4 is 17.6 Å². The zero-order valence-corrected chi connectivity index (χ0v) is 10.9. The summed E-state index contributed by atoms with van der Waals surface area (Å²) in [6.45, 7) is 1.12. The van der Waals surface area contributed by atoms with E-state index in [1.165, 1.54) is 14.2 Å². The number of nitrogens with zero attached hydrogens (tertiary/aromatic N) is 2. The summed E-state index contributed by atoms with van der Waals surface area (Å²) in [6, 6.07) is 1.23. The van der Waals surface area contributed by atoms with Crippen molar-refractivity contribution in [1.82, 2.24) is 10.0 Å². The molecule has 0 unspecified atom stereocenters. The number of rotatable bonds is 3. The van der Waals surface area contributed by atoms with Gasteiger partial charge in [0.1, 0.15) is 11.5 Å². The summed E-state index contributed by atoms with van der Waals surface area (Å²) >= 11 is 0. The van der Waals surface area contributed by atoms with Gasteiger partial charge >= 0.3 is 6.18 Å². The van der Waals surface area contributed by atoms with Crippen molar-refractivity contribution < 1.29 is 27.6 Å². The maximum atomic E-state index is 12.7. The van der Waals surface area contributed by atoms with Crippen LogP contribution in [0, 0.1) is 0 Å². The van der Waals surface area contributed by atoms with Gasteiger partial charge in [-0.05, 0) is 12.1 Å². The predicted octanol–water partition coefficient (Wildman–Crippen LogP) is 1.69. The fraction of sp³-hybridized carbons (Fsp3) is 0.364. The highest BCUT2D eigenvalue weighted by atomic mass is 19.4. The molecule has 110 valence electrons. The fourth-order valence-electron chi connectivity index (χ4n) is 1.29. The number of anilines is 1. The van der Waals surface area contributed by atoms with E-state index >= 15 is 0 Å². The van der Waals surface area contributed by atoms with Gasteiger partial charge in [-0.15, -0.1) is 0 Å². The van der Waals surface area contributed by atoms with Crippen LogP contribution in [0.2, 0.25) is 0 Å². The van der Waals surface area contributed by atoms with Crippen molar-refractivity contribution in [3.8, 4) is 0 Å². The third-order valence-corrected chi connectivity index (χ3v) is 2.24. The fourth-order valence-corrected chi connectivity index (χ4v) is 1.29. The Hall–Kier alpha value is -2.16. The van der Waals surface area contributed by atoms with Crippen LogP contribution in [0.1, 0.15) is 23.0 Å². The average Bonchev–Trinajstić information content (AvgIpc) is 2.34. The molecular weight excluding hydrogens is 279 g/mol. The van der Waals surface area contributed by atoms with Gasteiger partial charge in [-0.3, -0.25) is 14.4 Å². The number of hydroxylamine groups is 2. The van der Waals surface area contributed by atoms with Gasteiger partial charge in [-0.25, -0.2) is 10.0 Å². The molecule has 1 rings (SSSR count). The molecule has 0 saturated carbocycles. The summed E-state index contributed by atoms with van der Waals surface area (Å²) in [5.74, 6) is -1.83. The monoisotopic (exact) mass is 291 g/mol. The standard InChI is InChI=1S/C11H12F3N3O3/c1-6(18)15-9-5-7(11(12,13)14)4-8(16-9)10(19)17(2)20-3/h4-5H,1-3H3,(H,15,16,18). The molecule has 0 fully saturated rings. The number of halogens is 3.